The average Bonchev–Trinajstić information content (AvgIpc) is 3.16. The highest BCUT2D eigenvalue weighted by atomic mass is 19.4. The van der Waals surface area contributed by atoms with Gasteiger partial charge in [-0.15, -0.1) is 13.2 Å². The van der Waals surface area contributed by atoms with Crippen LogP contribution in [0.4, 0.5) is 26.3 Å². The highest BCUT2D eigenvalue weighted by molar-refractivity contribution is 5.94. The normalized spacial score (nSPS) is 18.2. The molecule has 0 saturated heterocycles. The van der Waals surface area contributed by atoms with E-state index >= 15 is 0 Å². The van der Waals surface area contributed by atoms with E-state index in [9.17, 15) is 31.1 Å². The molecule has 0 fully saturated rings. The predicted octanol–water partition coefficient (Wildman–Crippen LogP) is 2.31. The minimum atomic E-state index is -5.06. The first-order valence-corrected chi connectivity index (χ1v) is 7.78. The van der Waals surface area contributed by atoms with Gasteiger partial charge in [0, 0.05) is 18.0 Å². The quantitative estimate of drug-likeness (QED) is 0.731. The van der Waals surface area contributed by atoms with Gasteiger partial charge in [0.25, 0.3) is 12.3 Å². The molecule has 0 aromatic heterocycles. The molecule has 0 bridgehead atoms. The van der Waals surface area contributed by atoms with E-state index in [1.54, 1.807) is 6.20 Å². The molecule has 1 N–H and O–H groups in total. The second-order valence-corrected chi connectivity index (χ2v) is 5.71. The van der Waals surface area contributed by atoms with E-state index in [1.807, 2.05) is 0 Å². The van der Waals surface area contributed by atoms with E-state index in [4.69, 9.17) is 0 Å². The molecule has 2 aliphatic heterocycles. The summed E-state index contributed by atoms with van der Waals surface area (Å²) in [5.74, 6) is -3.19. The number of hydrogen-bond acceptors (Lipinski definition) is 6. The van der Waals surface area contributed by atoms with Crippen molar-refractivity contribution in [2.24, 2.45) is 5.10 Å². The number of nitrogens with one attached hydrogen (secondary N) is 1. The largest absolute Gasteiger partial charge is 0.573 e. The number of carbonyl (C=O) groups is 1. The fraction of sp³-hybridized carbons (Fsp3) is 0.333. The number of benzene rings is 1. The minimum Gasteiger partial charge on any atom is -0.403 e. The average molecular weight is 409 g/mol. The lowest BCUT2D eigenvalue weighted by Crippen LogP contribution is -2.49. The third-order valence-corrected chi connectivity index (χ3v) is 3.76. The number of ether oxygens (including phenoxy) is 1. The summed E-state index contributed by atoms with van der Waals surface area (Å²) in [6.07, 6.45) is -3.92. The molecule has 13 heteroatoms. The SMILES string of the molecule is O=C(NCN1C=CN2C=NN(CC(F)F)C21)c1ccc(OC(F)(F)F)c(F)c1. The van der Waals surface area contributed by atoms with Crippen LogP contribution in [0.15, 0.2) is 35.7 Å². The fourth-order valence-electron chi connectivity index (χ4n) is 2.63. The zero-order valence-corrected chi connectivity index (χ0v) is 13.9. The Bertz CT molecular complexity index is 800. The van der Waals surface area contributed by atoms with Gasteiger partial charge in [-0.2, -0.15) is 5.10 Å². The van der Waals surface area contributed by atoms with Crippen molar-refractivity contribution in [3.63, 3.8) is 0 Å². The zero-order chi connectivity index (χ0) is 20.5. The Morgan fingerprint density at radius 1 is 1.29 bits per heavy atom. The Morgan fingerprint density at radius 3 is 2.68 bits per heavy atom. The van der Waals surface area contributed by atoms with Gasteiger partial charge >= 0.3 is 6.36 Å². The van der Waals surface area contributed by atoms with Gasteiger partial charge in [0.15, 0.2) is 11.6 Å². The summed E-state index contributed by atoms with van der Waals surface area (Å²) in [6.45, 7) is -0.752. The topological polar surface area (TPSA) is 60.4 Å². The van der Waals surface area contributed by atoms with Crippen molar-refractivity contribution in [2.45, 2.75) is 19.1 Å². The van der Waals surface area contributed by atoms with Crippen molar-refractivity contribution in [1.82, 2.24) is 20.1 Å². The summed E-state index contributed by atoms with van der Waals surface area (Å²) in [7, 11) is 0. The number of hydrazone groups is 1. The minimum absolute atomic E-state index is 0.137. The van der Waals surface area contributed by atoms with Crippen molar-refractivity contribution in [2.75, 3.05) is 13.2 Å². The van der Waals surface area contributed by atoms with Gasteiger partial charge in [-0.1, -0.05) is 0 Å². The van der Waals surface area contributed by atoms with Crippen LogP contribution in [0, 0.1) is 5.82 Å². The molecule has 7 nitrogen and oxygen atoms in total. The maximum Gasteiger partial charge on any atom is 0.573 e. The third-order valence-electron chi connectivity index (χ3n) is 3.76. The third kappa shape index (κ3) is 4.40. The van der Waals surface area contributed by atoms with Crippen molar-refractivity contribution < 1.29 is 35.9 Å². The van der Waals surface area contributed by atoms with E-state index < -0.39 is 43.1 Å². The zero-order valence-electron chi connectivity index (χ0n) is 13.9. The number of fused-ring (bicyclic) bond motifs is 1. The number of carbonyl (C=O) groups excluding carboxylic acids is 1. The van der Waals surface area contributed by atoms with Crippen LogP contribution in [-0.4, -0.2) is 59.3 Å². The van der Waals surface area contributed by atoms with Crippen LogP contribution in [0.1, 0.15) is 10.4 Å². The summed E-state index contributed by atoms with van der Waals surface area (Å²) >= 11 is 0. The first-order valence-electron chi connectivity index (χ1n) is 7.78. The van der Waals surface area contributed by atoms with Crippen molar-refractivity contribution >= 4 is 12.2 Å². The summed E-state index contributed by atoms with van der Waals surface area (Å²) < 4.78 is 78.9. The van der Waals surface area contributed by atoms with Crippen molar-refractivity contribution in [3.05, 3.63) is 42.0 Å². The van der Waals surface area contributed by atoms with E-state index in [-0.39, 0.29) is 12.2 Å². The number of nitrogens with zero attached hydrogens (tertiary/aromatic N) is 4. The van der Waals surface area contributed by atoms with E-state index in [0.29, 0.717) is 12.1 Å². The van der Waals surface area contributed by atoms with Crippen molar-refractivity contribution in [3.8, 4) is 5.75 Å². The van der Waals surface area contributed by atoms with Crippen LogP contribution in [0.5, 0.6) is 5.75 Å². The van der Waals surface area contributed by atoms with E-state index in [1.165, 1.54) is 22.3 Å². The van der Waals surface area contributed by atoms with Crippen LogP contribution >= 0.6 is 0 Å². The molecular weight excluding hydrogens is 396 g/mol. The maximum absolute atomic E-state index is 13.7. The highest BCUT2D eigenvalue weighted by Gasteiger charge is 2.36. The summed E-state index contributed by atoms with van der Waals surface area (Å²) in [5, 5.41) is 7.40. The van der Waals surface area contributed by atoms with Gasteiger partial charge in [0.05, 0.1) is 6.67 Å². The molecule has 1 atom stereocenters. The summed E-state index contributed by atoms with van der Waals surface area (Å²) in [6, 6.07) is 2.25. The summed E-state index contributed by atoms with van der Waals surface area (Å²) in [4.78, 5) is 15.2. The van der Waals surface area contributed by atoms with Crippen molar-refractivity contribution in [1.29, 1.82) is 0 Å². The number of amides is 1. The predicted molar refractivity (Wildman–Crippen MR) is 83.2 cm³/mol. The fourth-order valence-corrected chi connectivity index (χ4v) is 2.63. The first kappa shape index (κ1) is 19.6. The Kier molecular flexibility index (Phi) is 5.25. The van der Waals surface area contributed by atoms with Crippen LogP contribution in [0.3, 0.4) is 0 Å². The van der Waals surface area contributed by atoms with Crippen LogP contribution in [0.25, 0.3) is 0 Å². The molecule has 1 aromatic carbocycles. The van der Waals surface area contributed by atoms with Gasteiger partial charge in [-0.05, 0) is 18.2 Å². The molecule has 2 heterocycles. The van der Waals surface area contributed by atoms with Gasteiger partial charge in [0.1, 0.15) is 12.9 Å². The Labute approximate surface area is 154 Å². The van der Waals surface area contributed by atoms with Gasteiger partial charge in [0.2, 0.25) is 6.29 Å². The Morgan fingerprint density at radius 2 is 2.04 bits per heavy atom. The summed E-state index contributed by atoms with van der Waals surface area (Å²) in [5.41, 5.74) is -0.237. The lowest BCUT2D eigenvalue weighted by Gasteiger charge is -2.32. The van der Waals surface area contributed by atoms with Gasteiger partial charge in [-0.3, -0.25) is 9.69 Å². The lowest BCUT2D eigenvalue weighted by atomic mass is 10.2. The lowest BCUT2D eigenvalue weighted by molar-refractivity contribution is -0.275. The molecule has 1 amide bonds. The first-order chi connectivity index (χ1) is 13.1. The molecule has 0 saturated carbocycles. The Hall–Kier alpha value is -3.12. The molecule has 0 spiro atoms. The van der Waals surface area contributed by atoms with E-state index in [2.05, 4.69) is 15.2 Å². The number of halogens is 6. The smallest absolute Gasteiger partial charge is 0.403 e. The monoisotopic (exact) mass is 409 g/mol. The molecular formula is C15H13F6N5O2. The molecule has 0 aliphatic carbocycles. The van der Waals surface area contributed by atoms with E-state index in [0.717, 1.165) is 11.1 Å². The Balaban J connectivity index is 1.60. The highest BCUT2D eigenvalue weighted by Crippen LogP contribution is 2.26. The second-order valence-electron chi connectivity index (χ2n) is 5.71. The molecule has 3 rings (SSSR count). The standard InChI is InChI=1S/C15H13F6N5O2/c16-10-5-9(1-2-11(10)28-15(19,20)21)13(27)22-7-24-3-4-25-8-23-26(14(24)25)6-12(17)18/h1-5,8,12,14H,6-7H2,(H,22,27). The number of alkyl halides is 5. The maximum atomic E-state index is 13.7. The molecule has 1 unspecified atom stereocenters. The van der Waals surface area contributed by atoms with Crippen LogP contribution in [0.2, 0.25) is 0 Å². The number of rotatable bonds is 6. The second kappa shape index (κ2) is 7.48. The molecule has 1 aromatic rings. The van der Waals surface area contributed by atoms with Gasteiger partial charge < -0.3 is 15.0 Å². The molecule has 152 valence electrons. The molecule has 28 heavy (non-hydrogen) atoms. The van der Waals surface area contributed by atoms with Crippen LogP contribution in [-0.2, 0) is 0 Å². The molecule has 0 radical (unpaired) electrons. The molecule has 2 aliphatic rings. The van der Waals surface area contributed by atoms with Crippen LogP contribution < -0.4 is 10.1 Å². The number of hydrogen-bond donors (Lipinski definition) is 1. The van der Waals surface area contributed by atoms with Gasteiger partial charge in [-0.25, -0.2) is 18.2 Å².